The van der Waals surface area contributed by atoms with E-state index in [0.29, 0.717) is 0 Å². The van der Waals surface area contributed by atoms with Crippen molar-refractivity contribution >= 4 is 87.2 Å². The predicted molar refractivity (Wildman–Crippen MR) is 251 cm³/mol. The fourth-order valence-electron chi connectivity index (χ4n) is 9.38. The molecule has 0 atom stereocenters. The standard InChI is InChI=1S/C55H42N2S/c1-35-15-11-13-21-51(35)56(41-17-7-5-8-18-41)43-25-23-37-29-45-46-34-54-48(33-50(46)55(3,4)49(45)31-39(37)27-43)47-30-38-24-26-44(28-40(38)32-53(47)58-54)57(42-19-9-6-10-20-42)52-22-14-12-16-36(52)2/h5-34H,1-4H3. The summed E-state index contributed by atoms with van der Waals surface area (Å²) in [6.45, 7) is 9.19. The Morgan fingerprint density at radius 2 is 0.845 bits per heavy atom. The highest BCUT2D eigenvalue weighted by atomic mass is 32.1. The second-order valence-corrected chi connectivity index (χ2v) is 17.4. The maximum Gasteiger partial charge on any atom is 0.0490 e. The number of nitrogens with zero attached hydrogens (tertiary/aromatic N) is 2. The molecule has 0 saturated carbocycles. The fourth-order valence-corrected chi connectivity index (χ4v) is 10.5. The van der Waals surface area contributed by atoms with Crippen molar-refractivity contribution in [2.75, 3.05) is 9.80 Å². The van der Waals surface area contributed by atoms with Gasteiger partial charge in [-0.1, -0.05) is 98.8 Å². The normalized spacial score (nSPS) is 13.0. The molecule has 0 fully saturated rings. The van der Waals surface area contributed by atoms with Crippen molar-refractivity contribution in [1.82, 2.24) is 0 Å². The maximum absolute atomic E-state index is 2.50. The van der Waals surface area contributed by atoms with Crippen LogP contribution in [0, 0.1) is 13.8 Å². The SMILES string of the molecule is Cc1ccccc1N(c1ccccc1)c1ccc2cc3c(cc2c1)C(C)(C)c1cc2c(cc1-3)sc1cc3cc(N(c4ccccc4)c4ccccc4C)ccc3cc12. The topological polar surface area (TPSA) is 6.48 Å². The number of anilines is 6. The van der Waals surface area contributed by atoms with Crippen LogP contribution in [-0.4, -0.2) is 0 Å². The van der Waals surface area contributed by atoms with Gasteiger partial charge < -0.3 is 9.80 Å². The zero-order valence-corrected chi connectivity index (χ0v) is 33.9. The second-order valence-electron chi connectivity index (χ2n) is 16.3. The van der Waals surface area contributed by atoms with Crippen molar-refractivity contribution in [1.29, 1.82) is 0 Å². The van der Waals surface area contributed by atoms with E-state index in [1.807, 2.05) is 11.3 Å². The van der Waals surface area contributed by atoms with E-state index in [-0.39, 0.29) is 5.41 Å². The third-order valence-electron chi connectivity index (χ3n) is 12.4. The van der Waals surface area contributed by atoms with Gasteiger partial charge in [0.1, 0.15) is 0 Å². The molecule has 2 nitrogen and oxygen atoms in total. The molecule has 3 heteroatoms. The molecule has 0 bridgehead atoms. The van der Waals surface area contributed by atoms with E-state index in [9.17, 15) is 0 Å². The van der Waals surface area contributed by atoms with Gasteiger partial charge in [-0.25, -0.2) is 0 Å². The van der Waals surface area contributed by atoms with Crippen molar-refractivity contribution < 1.29 is 0 Å². The zero-order valence-electron chi connectivity index (χ0n) is 33.1. The molecular formula is C55H42N2S. The molecule has 0 aliphatic heterocycles. The molecule has 10 aromatic rings. The summed E-state index contributed by atoms with van der Waals surface area (Å²) in [6.07, 6.45) is 0. The van der Waals surface area contributed by atoms with Crippen LogP contribution in [0.15, 0.2) is 182 Å². The van der Waals surface area contributed by atoms with E-state index in [0.717, 1.165) is 22.7 Å². The average molecular weight is 763 g/mol. The molecule has 0 saturated heterocycles. The van der Waals surface area contributed by atoms with Crippen molar-refractivity contribution in [2.45, 2.75) is 33.1 Å². The lowest BCUT2D eigenvalue weighted by atomic mass is 9.81. The summed E-state index contributed by atoms with van der Waals surface area (Å²) in [7, 11) is 0. The van der Waals surface area contributed by atoms with Gasteiger partial charge in [-0.3, -0.25) is 0 Å². The molecule has 1 heterocycles. The Kier molecular flexibility index (Phi) is 7.86. The van der Waals surface area contributed by atoms with Crippen LogP contribution in [-0.2, 0) is 5.41 Å². The largest absolute Gasteiger partial charge is 0.310 e. The van der Waals surface area contributed by atoms with Gasteiger partial charge in [-0.15, -0.1) is 11.3 Å². The van der Waals surface area contributed by atoms with Gasteiger partial charge >= 0.3 is 0 Å². The van der Waals surface area contributed by atoms with Gasteiger partial charge in [0.15, 0.2) is 0 Å². The first-order chi connectivity index (χ1) is 28.3. The Balaban J connectivity index is 1.01. The number of rotatable bonds is 6. The summed E-state index contributed by atoms with van der Waals surface area (Å²) in [5.41, 5.74) is 14.9. The number of aryl methyl sites for hydroxylation is 2. The molecule has 1 aromatic heterocycles. The van der Waals surface area contributed by atoms with Gasteiger partial charge in [0.05, 0.1) is 0 Å². The quantitative estimate of drug-likeness (QED) is 0.166. The van der Waals surface area contributed by atoms with E-state index in [2.05, 4.69) is 219 Å². The smallest absolute Gasteiger partial charge is 0.0490 e. The van der Waals surface area contributed by atoms with Crippen molar-refractivity contribution in [3.63, 3.8) is 0 Å². The molecular weight excluding hydrogens is 721 g/mol. The fraction of sp³-hybridized carbons (Fsp3) is 0.0909. The lowest BCUT2D eigenvalue weighted by molar-refractivity contribution is 0.662. The molecule has 278 valence electrons. The minimum absolute atomic E-state index is 0.144. The van der Waals surface area contributed by atoms with Crippen molar-refractivity contribution in [3.8, 4) is 11.1 Å². The summed E-state index contributed by atoms with van der Waals surface area (Å²) in [5, 5.41) is 7.72. The molecule has 0 unspecified atom stereocenters. The van der Waals surface area contributed by atoms with E-state index >= 15 is 0 Å². The Labute approximate surface area is 343 Å². The van der Waals surface area contributed by atoms with E-state index in [4.69, 9.17) is 0 Å². The summed E-state index contributed by atoms with van der Waals surface area (Å²) in [4.78, 5) is 4.76. The third kappa shape index (κ3) is 5.45. The number of hydrogen-bond acceptors (Lipinski definition) is 3. The van der Waals surface area contributed by atoms with Crippen molar-refractivity contribution in [2.24, 2.45) is 0 Å². The Hall–Kier alpha value is -6.68. The molecule has 1 aliphatic carbocycles. The Bertz CT molecular complexity index is 3230. The highest BCUT2D eigenvalue weighted by molar-refractivity contribution is 7.26. The zero-order chi connectivity index (χ0) is 39.1. The van der Waals surface area contributed by atoms with Crippen LogP contribution in [0.4, 0.5) is 34.1 Å². The van der Waals surface area contributed by atoms with Crippen LogP contribution in [0.2, 0.25) is 0 Å². The Morgan fingerprint density at radius 3 is 1.43 bits per heavy atom. The number of benzene rings is 9. The lowest BCUT2D eigenvalue weighted by Gasteiger charge is -2.27. The first-order valence-electron chi connectivity index (χ1n) is 20.2. The van der Waals surface area contributed by atoms with E-state index in [1.54, 1.807) is 0 Å². The molecule has 0 amide bonds. The predicted octanol–water partition coefficient (Wildman–Crippen LogP) is 16.2. The summed E-state index contributed by atoms with van der Waals surface area (Å²) >= 11 is 1.91. The first kappa shape index (κ1) is 34.6. The van der Waals surface area contributed by atoms with Gasteiger partial charge in [0.25, 0.3) is 0 Å². The van der Waals surface area contributed by atoms with Crippen LogP contribution < -0.4 is 9.80 Å². The molecule has 9 aromatic carbocycles. The summed E-state index contributed by atoms with van der Waals surface area (Å²) in [5.74, 6) is 0. The van der Waals surface area contributed by atoms with E-state index < -0.39 is 0 Å². The molecule has 0 radical (unpaired) electrons. The monoisotopic (exact) mass is 762 g/mol. The molecule has 1 aliphatic rings. The number of fused-ring (bicyclic) bond motifs is 8. The number of hydrogen-bond donors (Lipinski definition) is 0. The van der Waals surface area contributed by atoms with Gasteiger partial charge in [-0.05, 0) is 166 Å². The van der Waals surface area contributed by atoms with E-state index in [1.165, 1.54) is 86.5 Å². The highest BCUT2D eigenvalue weighted by Crippen LogP contribution is 2.53. The summed E-state index contributed by atoms with van der Waals surface area (Å²) < 4.78 is 2.66. The molecule has 58 heavy (non-hydrogen) atoms. The Morgan fingerprint density at radius 1 is 0.379 bits per heavy atom. The van der Waals surface area contributed by atoms with Crippen LogP contribution in [0.3, 0.4) is 0 Å². The summed E-state index contributed by atoms with van der Waals surface area (Å²) in [6, 6.07) is 67.3. The van der Waals surface area contributed by atoms with Crippen LogP contribution in [0.1, 0.15) is 36.1 Å². The third-order valence-corrected chi connectivity index (χ3v) is 13.5. The average Bonchev–Trinajstić information content (AvgIpc) is 3.70. The van der Waals surface area contributed by atoms with Crippen LogP contribution in [0.25, 0.3) is 52.8 Å². The van der Waals surface area contributed by atoms with Crippen molar-refractivity contribution in [3.05, 3.63) is 204 Å². The lowest BCUT2D eigenvalue weighted by Crippen LogP contribution is -2.15. The van der Waals surface area contributed by atoms with Gasteiger partial charge in [0.2, 0.25) is 0 Å². The maximum atomic E-state index is 2.50. The minimum Gasteiger partial charge on any atom is -0.310 e. The molecule has 0 spiro atoms. The molecule has 0 N–H and O–H groups in total. The second kappa shape index (κ2) is 13.2. The minimum atomic E-state index is -0.144. The van der Waals surface area contributed by atoms with Crippen LogP contribution in [0.5, 0.6) is 0 Å². The number of thiophene rings is 1. The van der Waals surface area contributed by atoms with Crippen LogP contribution >= 0.6 is 11.3 Å². The molecule has 11 rings (SSSR count). The number of para-hydroxylation sites is 4. The van der Waals surface area contributed by atoms with Gasteiger partial charge in [0, 0.05) is 59.7 Å². The highest BCUT2D eigenvalue weighted by Gasteiger charge is 2.36. The van der Waals surface area contributed by atoms with Gasteiger partial charge in [-0.2, -0.15) is 0 Å². The first-order valence-corrected chi connectivity index (χ1v) is 21.0.